The van der Waals surface area contributed by atoms with Crippen LogP contribution in [0.3, 0.4) is 0 Å². The smallest absolute Gasteiger partial charge is 0.337 e. The lowest BCUT2D eigenvalue weighted by Gasteiger charge is -2.36. The number of carbonyl (C=O) groups excluding carboxylic acids is 2. The molecule has 0 spiro atoms. The maximum absolute atomic E-state index is 12.9. The van der Waals surface area contributed by atoms with Gasteiger partial charge in [-0.3, -0.25) is 19.1 Å². The van der Waals surface area contributed by atoms with Crippen LogP contribution >= 0.6 is 12.2 Å². The number of aromatic amines is 1. The van der Waals surface area contributed by atoms with E-state index in [1.165, 1.54) is 17.4 Å². The van der Waals surface area contributed by atoms with Crippen molar-refractivity contribution in [3.63, 3.8) is 0 Å². The maximum Gasteiger partial charge on any atom is 0.337 e. The van der Waals surface area contributed by atoms with Crippen molar-refractivity contribution in [2.45, 2.75) is 19.4 Å². The average molecular weight is 510 g/mol. The van der Waals surface area contributed by atoms with Crippen molar-refractivity contribution in [3.8, 4) is 0 Å². The second kappa shape index (κ2) is 12.0. The number of nitrogens with zero attached hydrogens (tertiary/aromatic N) is 3. The minimum atomic E-state index is -0.485. The summed E-state index contributed by atoms with van der Waals surface area (Å²) in [7, 11) is 1.30. The average Bonchev–Trinajstić information content (AvgIpc) is 2.90. The highest BCUT2D eigenvalue weighted by Gasteiger charge is 2.17. The third-order valence-electron chi connectivity index (χ3n) is 6.43. The summed E-state index contributed by atoms with van der Waals surface area (Å²) in [5.41, 5.74) is 1.82. The van der Waals surface area contributed by atoms with Crippen molar-refractivity contribution in [1.82, 2.24) is 19.8 Å². The Morgan fingerprint density at radius 2 is 1.81 bits per heavy atom. The van der Waals surface area contributed by atoms with Gasteiger partial charge in [0.1, 0.15) is 0 Å². The van der Waals surface area contributed by atoms with Gasteiger partial charge in [0.2, 0.25) is 5.91 Å². The summed E-state index contributed by atoms with van der Waals surface area (Å²) in [5.74, 6) is -0.523. The van der Waals surface area contributed by atoms with Gasteiger partial charge in [0.05, 0.1) is 23.6 Å². The highest BCUT2D eigenvalue weighted by Crippen LogP contribution is 2.15. The molecule has 1 aromatic heterocycles. The molecule has 1 aliphatic heterocycles. The number of hydrogen-bond acceptors (Lipinski definition) is 7. The predicted octanol–water partition coefficient (Wildman–Crippen LogP) is 2.56. The molecule has 1 saturated heterocycles. The highest BCUT2D eigenvalue weighted by molar-refractivity contribution is 7.71. The number of aromatic nitrogens is 2. The Hall–Kier alpha value is -3.50. The van der Waals surface area contributed by atoms with Crippen molar-refractivity contribution in [3.05, 3.63) is 69.2 Å². The van der Waals surface area contributed by atoms with E-state index < -0.39 is 5.97 Å². The number of methoxy groups -OCH3 is 1. The lowest BCUT2D eigenvalue weighted by Crippen LogP contribution is -2.48. The van der Waals surface area contributed by atoms with E-state index in [4.69, 9.17) is 17.0 Å². The van der Waals surface area contributed by atoms with Crippen LogP contribution in [-0.4, -0.2) is 72.7 Å². The normalized spacial score (nSPS) is 14.1. The van der Waals surface area contributed by atoms with Crippen molar-refractivity contribution >= 4 is 40.7 Å². The van der Waals surface area contributed by atoms with Crippen LogP contribution in [0.2, 0.25) is 0 Å². The lowest BCUT2D eigenvalue weighted by molar-refractivity contribution is -0.121. The fourth-order valence-electron chi connectivity index (χ4n) is 4.41. The Balaban J connectivity index is 1.21. The van der Waals surface area contributed by atoms with Crippen molar-refractivity contribution in [2.24, 2.45) is 0 Å². The van der Waals surface area contributed by atoms with E-state index in [-0.39, 0.29) is 16.2 Å². The summed E-state index contributed by atoms with van der Waals surface area (Å²) >= 11 is 5.35. The molecule has 0 saturated carbocycles. The van der Waals surface area contributed by atoms with Crippen LogP contribution < -0.4 is 15.8 Å². The number of anilines is 1. The molecule has 1 amide bonds. The lowest BCUT2D eigenvalue weighted by atomic mass is 10.1. The maximum atomic E-state index is 12.9. The monoisotopic (exact) mass is 509 g/mol. The van der Waals surface area contributed by atoms with Gasteiger partial charge in [-0.15, -0.1) is 0 Å². The summed E-state index contributed by atoms with van der Waals surface area (Å²) in [6.45, 7) is 5.63. The minimum absolute atomic E-state index is 0.0376. The number of para-hydroxylation sites is 1. The Morgan fingerprint density at radius 3 is 2.53 bits per heavy atom. The molecule has 0 atom stereocenters. The summed E-state index contributed by atoms with van der Waals surface area (Å²) < 4.78 is 6.43. The zero-order chi connectivity index (χ0) is 25.5. The number of nitrogens with one attached hydrogen (secondary N) is 2. The highest BCUT2D eigenvalue weighted by atomic mass is 32.1. The van der Waals surface area contributed by atoms with Crippen LogP contribution in [0, 0.1) is 4.77 Å². The second-order valence-electron chi connectivity index (χ2n) is 8.76. The van der Waals surface area contributed by atoms with Gasteiger partial charge in [-0.25, -0.2) is 4.79 Å². The topological polar surface area (TPSA) is 99.7 Å². The Morgan fingerprint density at radius 1 is 1.06 bits per heavy atom. The molecule has 0 radical (unpaired) electrons. The third-order valence-corrected chi connectivity index (χ3v) is 6.75. The molecule has 0 unspecified atom stereocenters. The van der Waals surface area contributed by atoms with Crippen molar-refractivity contribution in [2.75, 3.05) is 51.3 Å². The number of H-pyrrole nitrogens is 1. The molecule has 2 heterocycles. The van der Waals surface area contributed by atoms with Gasteiger partial charge >= 0.3 is 5.97 Å². The molecule has 2 aromatic carbocycles. The van der Waals surface area contributed by atoms with Gasteiger partial charge in [0.15, 0.2) is 4.77 Å². The largest absolute Gasteiger partial charge is 0.465 e. The molecular formula is C26H31N5O4S. The van der Waals surface area contributed by atoms with Gasteiger partial charge in [-0.2, -0.15) is 0 Å². The van der Waals surface area contributed by atoms with Crippen LogP contribution in [0.5, 0.6) is 0 Å². The first-order valence-corrected chi connectivity index (χ1v) is 12.5. The molecule has 4 rings (SSSR count). The van der Waals surface area contributed by atoms with E-state index in [1.807, 2.05) is 6.07 Å². The first kappa shape index (κ1) is 25.6. The number of carbonyl (C=O) groups is 2. The fraction of sp³-hybridized carbons (Fsp3) is 0.385. The first-order chi connectivity index (χ1) is 17.5. The molecule has 0 bridgehead atoms. The number of ether oxygens (including phenoxy) is 1. The Bertz CT molecular complexity index is 1330. The van der Waals surface area contributed by atoms with Gasteiger partial charge in [-0.1, -0.05) is 18.2 Å². The van der Waals surface area contributed by atoms with E-state index >= 15 is 0 Å². The van der Waals surface area contributed by atoms with Gasteiger partial charge in [0, 0.05) is 57.9 Å². The molecule has 36 heavy (non-hydrogen) atoms. The summed E-state index contributed by atoms with van der Waals surface area (Å²) in [6, 6.07) is 15.1. The third kappa shape index (κ3) is 6.19. The van der Waals surface area contributed by atoms with Gasteiger partial charge in [0.25, 0.3) is 5.56 Å². The van der Waals surface area contributed by atoms with Gasteiger partial charge < -0.3 is 19.9 Å². The van der Waals surface area contributed by atoms with Crippen LogP contribution in [0.4, 0.5) is 5.69 Å². The quantitative estimate of drug-likeness (QED) is 0.338. The molecule has 1 aliphatic rings. The van der Waals surface area contributed by atoms with Gasteiger partial charge in [-0.05, 0) is 49.0 Å². The van der Waals surface area contributed by atoms with E-state index in [0.717, 1.165) is 32.7 Å². The minimum Gasteiger partial charge on any atom is -0.465 e. The molecule has 2 N–H and O–H groups in total. The Labute approximate surface area is 214 Å². The van der Waals surface area contributed by atoms with Crippen molar-refractivity contribution in [1.29, 1.82) is 0 Å². The van der Waals surface area contributed by atoms with Crippen molar-refractivity contribution < 1.29 is 14.3 Å². The summed E-state index contributed by atoms with van der Waals surface area (Å²) in [5, 5.41) is 3.41. The summed E-state index contributed by atoms with van der Waals surface area (Å²) in [6.07, 6.45) is 0.799. The molecule has 10 heteroatoms. The first-order valence-electron chi connectivity index (χ1n) is 12.1. The van der Waals surface area contributed by atoms with Crippen LogP contribution in [0.15, 0.2) is 53.3 Å². The fourth-order valence-corrected chi connectivity index (χ4v) is 4.69. The molecule has 0 aliphatic carbocycles. The summed E-state index contributed by atoms with van der Waals surface area (Å²) in [4.78, 5) is 44.7. The standard InChI is InChI=1S/C26H31N5O4S/c1-35-25(34)19-9-10-21-22(18-19)28-26(36)31(24(21)33)12-5-8-23(32)27-11-13-29-14-16-30(17-15-29)20-6-3-2-4-7-20/h2-4,6-7,9-10,18H,5,8,11-17H2,1H3,(H,27,32)(H,28,36). The Kier molecular flexibility index (Phi) is 8.50. The number of esters is 1. The molecule has 9 nitrogen and oxygen atoms in total. The van der Waals surface area contributed by atoms with E-state index in [9.17, 15) is 14.4 Å². The van der Waals surface area contributed by atoms with E-state index in [1.54, 1.807) is 18.2 Å². The number of benzene rings is 2. The number of hydrogen-bond donors (Lipinski definition) is 2. The number of fused-ring (bicyclic) bond motifs is 1. The van der Waals surface area contributed by atoms with Crippen LogP contribution in [-0.2, 0) is 16.1 Å². The van der Waals surface area contributed by atoms with Crippen LogP contribution in [0.1, 0.15) is 23.2 Å². The number of piperazine rings is 1. The molecular weight excluding hydrogens is 478 g/mol. The SMILES string of the molecule is COC(=O)c1ccc2c(=O)n(CCCC(=O)NCCN3CCN(c4ccccc4)CC3)c(=S)[nH]c2c1. The second-order valence-corrected chi connectivity index (χ2v) is 9.14. The van der Waals surface area contributed by atoms with E-state index in [0.29, 0.717) is 42.4 Å². The van der Waals surface area contributed by atoms with Crippen LogP contribution in [0.25, 0.3) is 10.9 Å². The van der Waals surface area contributed by atoms with E-state index in [2.05, 4.69) is 44.4 Å². The zero-order valence-electron chi connectivity index (χ0n) is 20.4. The number of amides is 1. The number of rotatable bonds is 9. The predicted molar refractivity (Wildman–Crippen MR) is 142 cm³/mol. The molecule has 3 aromatic rings. The zero-order valence-corrected chi connectivity index (χ0v) is 21.2. The molecule has 1 fully saturated rings. The molecule has 190 valence electrons.